The van der Waals surface area contributed by atoms with Crippen molar-refractivity contribution in [1.82, 2.24) is 10.1 Å². The topological polar surface area (TPSA) is 82.2 Å². The van der Waals surface area contributed by atoms with Gasteiger partial charge in [0.05, 0.1) is 23.9 Å². The molecule has 6 nitrogen and oxygen atoms in total. The van der Waals surface area contributed by atoms with E-state index in [1.807, 2.05) is 0 Å². The second-order valence-electron chi connectivity index (χ2n) is 6.99. The third-order valence-electron chi connectivity index (χ3n) is 4.97. The van der Waals surface area contributed by atoms with Gasteiger partial charge in [-0.3, -0.25) is 0 Å². The van der Waals surface area contributed by atoms with E-state index in [0.29, 0.717) is 46.7 Å². The Morgan fingerprint density at radius 1 is 1.27 bits per heavy atom. The number of carbonyl (C=O) groups is 1. The predicted octanol–water partition coefficient (Wildman–Crippen LogP) is 4.61. The Kier molecular flexibility index (Phi) is 4.91. The van der Waals surface area contributed by atoms with Gasteiger partial charge in [0, 0.05) is 41.4 Å². The highest BCUT2D eigenvalue weighted by Gasteiger charge is 2.32. The summed E-state index contributed by atoms with van der Waals surface area (Å²) in [7, 11) is 0. The summed E-state index contributed by atoms with van der Waals surface area (Å²) in [6.07, 6.45) is 0.413. The van der Waals surface area contributed by atoms with Crippen molar-refractivity contribution < 1.29 is 22.5 Å². The minimum Gasteiger partial charge on any atom is -0.356 e. The first-order valence-corrected chi connectivity index (χ1v) is 9.07. The number of benzene rings is 2. The summed E-state index contributed by atoms with van der Waals surface area (Å²) in [5, 5.41) is 15.6. The number of hydrogen-bond acceptors (Lipinski definition) is 4. The van der Waals surface area contributed by atoms with Gasteiger partial charge >= 0.3 is 6.03 Å². The van der Waals surface area contributed by atoms with Crippen molar-refractivity contribution in [1.29, 1.82) is 5.26 Å². The largest absolute Gasteiger partial charge is 0.356 e. The highest BCUT2D eigenvalue weighted by Crippen LogP contribution is 2.33. The molecule has 0 spiro atoms. The molecule has 0 fully saturated rings. The predicted molar refractivity (Wildman–Crippen MR) is 101 cm³/mol. The molecule has 1 unspecified atom stereocenters. The lowest BCUT2D eigenvalue weighted by Crippen LogP contribution is -2.44. The zero-order chi connectivity index (χ0) is 21.4. The van der Waals surface area contributed by atoms with Gasteiger partial charge in [-0.15, -0.1) is 0 Å². The number of nitrogens with zero attached hydrogens (tertiary/aromatic N) is 3. The van der Waals surface area contributed by atoms with E-state index >= 15 is 0 Å². The van der Waals surface area contributed by atoms with Crippen molar-refractivity contribution in [3.05, 3.63) is 70.7 Å². The van der Waals surface area contributed by atoms with Crippen LogP contribution in [0, 0.1) is 28.8 Å². The SMILES string of the molecule is CC1Cc2noc(-c3cccc(C#N)c3)c2CN1C(=O)Nc1cc(F)c(F)c(F)c1. The Hall–Kier alpha value is -3.80. The molecule has 2 heterocycles. The van der Waals surface area contributed by atoms with Crippen LogP contribution in [0.1, 0.15) is 23.7 Å². The van der Waals surface area contributed by atoms with Gasteiger partial charge in [0.15, 0.2) is 23.2 Å². The number of nitrogens with one attached hydrogen (secondary N) is 1. The highest BCUT2D eigenvalue weighted by molar-refractivity contribution is 5.90. The molecule has 152 valence electrons. The number of fused-ring (bicyclic) bond motifs is 1. The van der Waals surface area contributed by atoms with E-state index in [4.69, 9.17) is 9.78 Å². The molecule has 9 heteroatoms. The first-order chi connectivity index (χ1) is 14.4. The summed E-state index contributed by atoms with van der Waals surface area (Å²) < 4.78 is 45.5. The van der Waals surface area contributed by atoms with E-state index in [1.54, 1.807) is 31.2 Å². The Bertz CT molecular complexity index is 1160. The maximum atomic E-state index is 13.4. The number of aromatic nitrogens is 1. The second-order valence-corrected chi connectivity index (χ2v) is 6.99. The molecule has 1 aromatic heterocycles. The van der Waals surface area contributed by atoms with Gasteiger partial charge in [-0.2, -0.15) is 5.26 Å². The first kappa shape index (κ1) is 19.5. The zero-order valence-corrected chi connectivity index (χ0v) is 15.7. The van der Waals surface area contributed by atoms with Crippen molar-refractivity contribution in [3.8, 4) is 17.4 Å². The molecule has 30 heavy (non-hydrogen) atoms. The van der Waals surface area contributed by atoms with Gasteiger partial charge in [-0.25, -0.2) is 18.0 Å². The van der Waals surface area contributed by atoms with Gasteiger partial charge in [0.1, 0.15) is 0 Å². The molecule has 3 aromatic rings. The molecule has 2 aromatic carbocycles. The average Bonchev–Trinajstić information content (AvgIpc) is 3.14. The number of urea groups is 1. The van der Waals surface area contributed by atoms with E-state index in [1.165, 1.54) is 4.90 Å². The molecular formula is C21H15F3N4O2. The molecule has 1 aliphatic heterocycles. The van der Waals surface area contributed by atoms with Crippen molar-refractivity contribution in [2.75, 3.05) is 5.32 Å². The number of halogens is 3. The molecule has 4 rings (SSSR count). The summed E-state index contributed by atoms with van der Waals surface area (Å²) in [5.41, 5.74) is 2.30. The van der Waals surface area contributed by atoms with Crippen molar-refractivity contribution in [2.24, 2.45) is 0 Å². The minimum atomic E-state index is -1.60. The van der Waals surface area contributed by atoms with Crippen LogP contribution < -0.4 is 5.32 Å². The van der Waals surface area contributed by atoms with Crippen LogP contribution in [0.2, 0.25) is 0 Å². The van der Waals surface area contributed by atoms with Gasteiger partial charge in [0.2, 0.25) is 0 Å². The van der Waals surface area contributed by atoms with E-state index in [9.17, 15) is 18.0 Å². The second kappa shape index (κ2) is 7.55. The molecule has 2 amide bonds. The normalized spacial score (nSPS) is 15.4. The number of anilines is 1. The van der Waals surface area contributed by atoms with Gasteiger partial charge in [-0.1, -0.05) is 17.3 Å². The average molecular weight is 412 g/mol. The first-order valence-electron chi connectivity index (χ1n) is 9.07. The van der Waals surface area contributed by atoms with E-state index < -0.39 is 23.5 Å². The number of rotatable bonds is 2. The number of hydrogen-bond donors (Lipinski definition) is 1. The van der Waals surface area contributed by atoms with E-state index in [0.717, 1.165) is 0 Å². The maximum Gasteiger partial charge on any atom is 0.322 e. The summed E-state index contributed by atoms with van der Waals surface area (Å²) >= 11 is 0. The lowest BCUT2D eigenvalue weighted by atomic mass is 9.97. The van der Waals surface area contributed by atoms with Crippen LogP contribution in [0.4, 0.5) is 23.7 Å². The third kappa shape index (κ3) is 3.48. The Morgan fingerprint density at radius 2 is 2.00 bits per heavy atom. The maximum absolute atomic E-state index is 13.4. The molecule has 0 bridgehead atoms. The van der Waals surface area contributed by atoms with Crippen LogP contribution in [0.3, 0.4) is 0 Å². The van der Waals surface area contributed by atoms with Gasteiger partial charge < -0.3 is 14.7 Å². The lowest BCUT2D eigenvalue weighted by Gasteiger charge is -2.32. The lowest BCUT2D eigenvalue weighted by molar-refractivity contribution is 0.182. The molecule has 0 saturated heterocycles. The van der Waals surface area contributed by atoms with Crippen LogP contribution in [0.15, 0.2) is 40.9 Å². The summed E-state index contributed by atoms with van der Waals surface area (Å²) in [5.74, 6) is -3.93. The van der Waals surface area contributed by atoms with E-state index in [2.05, 4.69) is 16.5 Å². The van der Waals surface area contributed by atoms with E-state index in [-0.39, 0.29) is 18.3 Å². The molecule has 1 aliphatic rings. The molecule has 1 N–H and O–H groups in total. The third-order valence-corrected chi connectivity index (χ3v) is 4.97. The molecule has 0 saturated carbocycles. The Labute approximate surface area is 169 Å². The van der Waals surface area contributed by atoms with Crippen LogP contribution in [0.25, 0.3) is 11.3 Å². The fourth-order valence-electron chi connectivity index (χ4n) is 3.43. The van der Waals surface area contributed by atoms with Crippen LogP contribution in [0.5, 0.6) is 0 Å². The summed E-state index contributed by atoms with van der Waals surface area (Å²) in [6.45, 7) is 1.95. The zero-order valence-electron chi connectivity index (χ0n) is 15.7. The molecule has 0 aliphatic carbocycles. The fraction of sp³-hybridized carbons (Fsp3) is 0.190. The smallest absolute Gasteiger partial charge is 0.322 e. The Balaban J connectivity index is 1.61. The van der Waals surface area contributed by atoms with Crippen molar-refractivity contribution >= 4 is 11.7 Å². The van der Waals surface area contributed by atoms with Crippen molar-refractivity contribution in [3.63, 3.8) is 0 Å². The molecule has 1 atom stereocenters. The highest BCUT2D eigenvalue weighted by atomic mass is 19.2. The van der Waals surface area contributed by atoms with Crippen LogP contribution in [-0.2, 0) is 13.0 Å². The van der Waals surface area contributed by atoms with Crippen LogP contribution in [-0.4, -0.2) is 22.1 Å². The quantitative estimate of drug-likeness (QED) is 0.623. The standard InChI is InChI=1S/C21H15F3N4O2/c1-11-5-18-15(20(30-27-18)13-4-2-3-12(6-13)9-25)10-28(11)21(29)26-14-7-16(22)19(24)17(23)8-14/h2-4,6-8,11H,5,10H2,1H3,(H,26,29). The van der Waals surface area contributed by atoms with Gasteiger partial charge in [-0.05, 0) is 19.1 Å². The van der Waals surface area contributed by atoms with Gasteiger partial charge in [0.25, 0.3) is 0 Å². The minimum absolute atomic E-state index is 0.143. The Morgan fingerprint density at radius 3 is 2.70 bits per heavy atom. The number of carbonyl (C=O) groups excluding carboxylic acids is 1. The monoisotopic (exact) mass is 412 g/mol. The number of nitriles is 1. The molecule has 0 radical (unpaired) electrons. The fourth-order valence-corrected chi connectivity index (χ4v) is 3.43. The summed E-state index contributed by atoms with van der Waals surface area (Å²) in [4.78, 5) is 14.2. The van der Waals surface area contributed by atoms with Crippen molar-refractivity contribution in [2.45, 2.75) is 25.9 Å². The van der Waals surface area contributed by atoms with Crippen LogP contribution >= 0.6 is 0 Å². The molecular weight excluding hydrogens is 397 g/mol. The number of amides is 2. The summed E-state index contributed by atoms with van der Waals surface area (Å²) in [6, 6.07) is 9.44.